The SMILES string of the molecule is CC(C)c1ncc(-c2ccccn2)c(-c2ccc(CNC(=O)CN3CCCC3=O)cc2)n1. The minimum atomic E-state index is -0.140. The largest absolute Gasteiger partial charge is 0.350 e. The Kier molecular flexibility index (Phi) is 6.54. The third kappa shape index (κ3) is 4.99. The minimum absolute atomic E-state index is 0.0545. The lowest BCUT2D eigenvalue weighted by Gasteiger charge is -2.15. The molecule has 0 bridgehead atoms. The van der Waals surface area contributed by atoms with E-state index in [2.05, 4.69) is 29.1 Å². The highest BCUT2D eigenvalue weighted by molar-refractivity contribution is 5.85. The van der Waals surface area contributed by atoms with E-state index in [0.29, 0.717) is 19.5 Å². The highest BCUT2D eigenvalue weighted by Crippen LogP contribution is 2.30. The summed E-state index contributed by atoms with van der Waals surface area (Å²) in [5.41, 5.74) is 4.49. The minimum Gasteiger partial charge on any atom is -0.350 e. The van der Waals surface area contributed by atoms with Crippen molar-refractivity contribution in [2.45, 2.75) is 39.2 Å². The molecular formula is C25H27N5O2. The highest BCUT2D eigenvalue weighted by Gasteiger charge is 2.22. The van der Waals surface area contributed by atoms with Gasteiger partial charge in [0, 0.05) is 48.9 Å². The average Bonchev–Trinajstić information content (AvgIpc) is 3.22. The number of nitrogens with zero attached hydrogens (tertiary/aromatic N) is 4. The van der Waals surface area contributed by atoms with Gasteiger partial charge in [0.05, 0.1) is 17.9 Å². The molecule has 1 saturated heterocycles. The quantitative estimate of drug-likeness (QED) is 0.620. The number of rotatable bonds is 7. The van der Waals surface area contributed by atoms with Crippen LogP contribution in [-0.2, 0) is 16.1 Å². The summed E-state index contributed by atoms with van der Waals surface area (Å²) in [6.07, 6.45) is 4.97. The zero-order valence-corrected chi connectivity index (χ0v) is 18.4. The average molecular weight is 430 g/mol. The van der Waals surface area contributed by atoms with Gasteiger partial charge in [0.15, 0.2) is 0 Å². The second-order valence-electron chi connectivity index (χ2n) is 8.25. The number of carbonyl (C=O) groups excluding carboxylic acids is 2. The molecule has 1 N–H and O–H groups in total. The van der Waals surface area contributed by atoms with Crippen molar-refractivity contribution in [2.24, 2.45) is 0 Å². The Balaban J connectivity index is 1.50. The fourth-order valence-electron chi connectivity index (χ4n) is 3.68. The van der Waals surface area contributed by atoms with Crippen molar-refractivity contribution in [1.29, 1.82) is 0 Å². The molecule has 2 amide bonds. The molecule has 0 unspecified atom stereocenters. The van der Waals surface area contributed by atoms with Crippen LogP contribution in [-0.4, -0.2) is 44.8 Å². The van der Waals surface area contributed by atoms with Gasteiger partial charge in [-0.1, -0.05) is 44.2 Å². The van der Waals surface area contributed by atoms with Crippen molar-refractivity contribution < 1.29 is 9.59 Å². The van der Waals surface area contributed by atoms with E-state index in [1.165, 1.54) is 0 Å². The topological polar surface area (TPSA) is 88.1 Å². The van der Waals surface area contributed by atoms with Gasteiger partial charge in [-0.2, -0.15) is 0 Å². The summed E-state index contributed by atoms with van der Waals surface area (Å²) in [5.74, 6) is 0.911. The molecule has 1 aromatic carbocycles. The van der Waals surface area contributed by atoms with E-state index in [-0.39, 0.29) is 24.3 Å². The molecule has 0 spiro atoms. The molecule has 0 atom stereocenters. The summed E-state index contributed by atoms with van der Waals surface area (Å²) in [6, 6.07) is 13.8. The summed E-state index contributed by atoms with van der Waals surface area (Å²) in [4.78, 5) is 39.3. The standard InChI is InChI=1S/C25H27N5O2/c1-17(2)25-28-15-20(21-6-3-4-12-26-21)24(29-25)19-10-8-18(9-11-19)14-27-22(31)16-30-13-5-7-23(30)32/h3-4,6,8-12,15,17H,5,7,13-14,16H2,1-2H3,(H,27,31). The molecule has 1 aliphatic rings. The molecule has 2 aromatic heterocycles. The van der Waals surface area contributed by atoms with Crippen LogP contribution in [0.5, 0.6) is 0 Å². The van der Waals surface area contributed by atoms with Gasteiger partial charge in [-0.3, -0.25) is 14.6 Å². The summed E-state index contributed by atoms with van der Waals surface area (Å²) in [6.45, 7) is 5.34. The van der Waals surface area contributed by atoms with Gasteiger partial charge in [0.1, 0.15) is 5.82 Å². The fraction of sp³-hybridized carbons (Fsp3) is 0.320. The van der Waals surface area contributed by atoms with Crippen molar-refractivity contribution in [1.82, 2.24) is 25.2 Å². The molecule has 7 heteroatoms. The molecule has 164 valence electrons. The molecule has 0 aliphatic carbocycles. The Morgan fingerprint density at radius 1 is 1.12 bits per heavy atom. The van der Waals surface area contributed by atoms with Crippen LogP contribution in [0.15, 0.2) is 54.9 Å². The Bertz CT molecular complexity index is 1100. The van der Waals surface area contributed by atoms with Gasteiger partial charge in [0.2, 0.25) is 11.8 Å². The normalized spacial score (nSPS) is 13.6. The van der Waals surface area contributed by atoms with Crippen molar-refractivity contribution in [2.75, 3.05) is 13.1 Å². The summed E-state index contributed by atoms with van der Waals surface area (Å²) in [5, 5.41) is 2.90. The third-order valence-corrected chi connectivity index (χ3v) is 5.49. The maximum absolute atomic E-state index is 12.2. The molecule has 7 nitrogen and oxygen atoms in total. The van der Waals surface area contributed by atoms with E-state index < -0.39 is 0 Å². The fourth-order valence-corrected chi connectivity index (χ4v) is 3.68. The van der Waals surface area contributed by atoms with Crippen LogP contribution in [0.4, 0.5) is 0 Å². The number of benzene rings is 1. The first-order chi connectivity index (χ1) is 15.5. The Morgan fingerprint density at radius 2 is 1.94 bits per heavy atom. The lowest BCUT2D eigenvalue weighted by atomic mass is 10.0. The summed E-state index contributed by atoms with van der Waals surface area (Å²) in [7, 11) is 0. The number of amides is 2. The van der Waals surface area contributed by atoms with E-state index in [1.54, 1.807) is 11.1 Å². The van der Waals surface area contributed by atoms with Crippen LogP contribution in [0.1, 0.15) is 44.0 Å². The van der Waals surface area contributed by atoms with Crippen molar-refractivity contribution >= 4 is 11.8 Å². The number of aromatic nitrogens is 3. The van der Waals surface area contributed by atoms with Crippen molar-refractivity contribution in [3.05, 3.63) is 66.2 Å². The second-order valence-corrected chi connectivity index (χ2v) is 8.25. The van der Waals surface area contributed by atoms with Gasteiger partial charge >= 0.3 is 0 Å². The van der Waals surface area contributed by atoms with Crippen LogP contribution in [0.25, 0.3) is 22.5 Å². The lowest BCUT2D eigenvalue weighted by molar-refractivity contribution is -0.133. The smallest absolute Gasteiger partial charge is 0.239 e. The molecular weight excluding hydrogens is 402 g/mol. The molecule has 0 radical (unpaired) electrons. The Labute approximate surface area is 187 Å². The van der Waals surface area contributed by atoms with E-state index in [1.807, 2.05) is 48.7 Å². The maximum atomic E-state index is 12.2. The number of nitrogens with one attached hydrogen (secondary N) is 1. The van der Waals surface area contributed by atoms with Crippen LogP contribution in [0.3, 0.4) is 0 Å². The zero-order valence-electron chi connectivity index (χ0n) is 18.4. The first-order valence-corrected chi connectivity index (χ1v) is 10.9. The van der Waals surface area contributed by atoms with E-state index in [4.69, 9.17) is 4.98 Å². The Hall–Kier alpha value is -3.61. The van der Waals surface area contributed by atoms with E-state index in [0.717, 1.165) is 40.3 Å². The highest BCUT2D eigenvalue weighted by atomic mass is 16.2. The van der Waals surface area contributed by atoms with Gasteiger partial charge in [-0.25, -0.2) is 9.97 Å². The predicted molar refractivity (Wildman–Crippen MR) is 122 cm³/mol. The third-order valence-electron chi connectivity index (χ3n) is 5.49. The summed E-state index contributed by atoms with van der Waals surface area (Å²) >= 11 is 0. The van der Waals surface area contributed by atoms with E-state index in [9.17, 15) is 9.59 Å². The van der Waals surface area contributed by atoms with Gasteiger partial charge in [0.25, 0.3) is 0 Å². The van der Waals surface area contributed by atoms with Crippen molar-refractivity contribution in [3.8, 4) is 22.5 Å². The first-order valence-electron chi connectivity index (χ1n) is 10.9. The number of pyridine rings is 1. The van der Waals surface area contributed by atoms with Crippen LogP contribution in [0, 0.1) is 0 Å². The molecule has 0 saturated carbocycles. The van der Waals surface area contributed by atoms with Crippen LogP contribution in [0.2, 0.25) is 0 Å². The molecule has 1 aliphatic heterocycles. The molecule has 1 fully saturated rings. The van der Waals surface area contributed by atoms with Crippen LogP contribution >= 0.6 is 0 Å². The Morgan fingerprint density at radius 3 is 2.59 bits per heavy atom. The van der Waals surface area contributed by atoms with Gasteiger partial charge in [-0.15, -0.1) is 0 Å². The molecule has 4 rings (SSSR count). The molecule has 3 aromatic rings. The first kappa shape index (κ1) is 21.6. The maximum Gasteiger partial charge on any atom is 0.239 e. The monoisotopic (exact) mass is 429 g/mol. The second kappa shape index (κ2) is 9.68. The van der Waals surface area contributed by atoms with Crippen LogP contribution < -0.4 is 5.32 Å². The predicted octanol–water partition coefficient (Wildman–Crippen LogP) is 3.57. The molecule has 32 heavy (non-hydrogen) atoms. The summed E-state index contributed by atoms with van der Waals surface area (Å²) < 4.78 is 0. The molecule has 3 heterocycles. The number of likely N-dealkylation sites (tertiary alicyclic amines) is 1. The number of hydrogen-bond donors (Lipinski definition) is 1. The number of hydrogen-bond acceptors (Lipinski definition) is 5. The lowest BCUT2D eigenvalue weighted by Crippen LogP contribution is -2.37. The van der Waals surface area contributed by atoms with E-state index >= 15 is 0 Å². The van der Waals surface area contributed by atoms with Gasteiger partial charge < -0.3 is 10.2 Å². The number of carbonyl (C=O) groups is 2. The zero-order chi connectivity index (χ0) is 22.5. The van der Waals surface area contributed by atoms with Crippen molar-refractivity contribution in [3.63, 3.8) is 0 Å². The van der Waals surface area contributed by atoms with Gasteiger partial charge in [-0.05, 0) is 24.1 Å².